The molecular weight excluding hydrogens is 311 g/mol. The molecule has 24 heavy (non-hydrogen) atoms. The van der Waals surface area contributed by atoms with E-state index in [4.69, 9.17) is 0 Å². The third kappa shape index (κ3) is 3.40. The maximum absolute atomic E-state index is 13.0. The summed E-state index contributed by atoms with van der Waals surface area (Å²) in [6, 6.07) is 10.7. The van der Waals surface area contributed by atoms with Crippen LogP contribution >= 0.6 is 0 Å². The van der Waals surface area contributed by atoms with Crippen LogP contribution in [0.1, 0.15) is 21.7 Å². The van der Waals surface area contributed by atoms with Crippen molar-refractivity contribution >= 4 is 11.6 Å². The van der Waals surface area contributed by atoms with E-state index in [0.717, 1.165) is 11.3 Å². The van der Waals surface area contributed by atoms with Gasteiger partial charge in [0.2, 0.25) is 0 Å². The first kappa shape index (κ1) is 15.7. The van der Waals surface area contributed by atoms with E-state index in [1.54, 1.807) is 37.4 Å². The predicted molar refractivity (Wildman–Crippen MR) is 87.5 cm³/mol. The van der Waals surface area contributed by atoms with Crippen molar-refractivity contribution in [1.82, 2.24) is 14.8 Å². The molecule has 6 nitrogen and oxygen atoms in total. The number of carbonyl (C=O) groups is 1. The predicted octanol–water partition coefficient (Wildman–Crippen LogP) is 2.32. The highest BCUT2D eigenvalue weighted by Crippen LogP contribution is 2.07. The fourth-order valence-corrected chi connectivity index (χ4v) is 2.26. The molecule has 0 aliphatic heterocycles. The average molecular weight is 326 g/mol. The number of carbonyl (C=O) groups excluding carboxylic acids is 1. The summed E-state index contributed by atoms with van der Waals surface area (Å²) >= 11 is 0. The maximum atomic E-state index is 13.0. The minimum atomic E-state index is -0.462. The highest BCUT2D eigenvalue weighted by Gasteiger charge is 2.12. The molecule has 122 valence electrons. The second-order valence-corrected chi connectivity index (χ2v) is 5.37. The highest BCUT2D eigenvalue weighted by atomic mass is 19.1. The number of rotatable bonds is 4. The van der Waals surface area contributed by atoms with E-state index in [0.29, 0.717) is 0 Å². The lowest BCUT2D eigenvalue weighted by Gasteiger charge is -2.09. The minimum Gasteiger partial charge on any atom is -0.316 e. The Morgan fingerprint density at radius 1 is 1.29 bits per heavy atom. The Morgan fingerprint density at radius 3 is 2.71 bits per heavy atom. The molecule has 1 aromatic carbocycles. The Morgan fingerprint density at radius 2 is 2.04 bits per heavy atom. The summed E-state index contributed by atoms with van der Waals surface area (Å²) in [5.41, 5.74) is 1.56. The lowest BCUT2D eigenvalue weighted by Crippen LogP contribution is -2.26. The number of hydrogen-bond donors (Lipinski definition) is 2. The molecule has 0 spiro atoms. The van der Waals surface area contributed by atoms with Crippen LogP contribution < -0.4 is 10.9 Å². The van der Waals surface area contributed by atoms with Gasteiger partial charge in [-0.2, -0.15) is 5.10 Å². The Bertz CT molecular complexity index is 928. The van der Waals surface area contributed by atoms with Crippen LogP contribution in [0.3, 0.4) is 0 Å². The highest BCUT2D eigenvalue weighted by molar-refractivity contribution is 6.02. The summed E-state index contributed by atoms with van der Waals surface area (Å²) in [5, 5.41) is 9.09. The number of anilines is 1. The summed E-state index contributed by atoms with van der Waals surface area (Å²) in [6.07, 6.45) is 1.61. The SMILES string of the molecule is Cc1cc(C(=O)Nc2cccn(Cc3ccc(F)cc3)c2=O)n[nH]1. The van der Waals surface area contributed by atoms with Crippen molar-refractivity contribution in [3.63, 3.8) is 0 Å². The summed E-state index contributed by atoms with van der Waals surface area (Å²) in [7, 11) is 0. The molecule has 3 aromatic rings. The van der Waals surface area contributed by atoms with Gasteiger partial charge >= 0.3 is 0 Å². The van der Waals surface area contributed by atoms with Crippen LogP contribution in [0, 0.1) is 12.7 Å². The molecule has 0 aliphatic rings. The molecule has 0 aliphatic carbocycles. The zero-order chi connectivity index (χ0) is 17.1. The third-order valence-electron chi connectivity index (χ3n) is 3.47. The monoisotopic (exact) mass is 326 g/mol. The van der Waals surface area contributed by atoms with E-state index in [2.05, 4.69) is 15.5 Å². The van der Waals surface area contributed by atoms with Gasteiger partial charge in [-0.25, -0.2) is 4.39 Å². The number of aromatic nitrogens is 3. The number of nitrogens with one attached hydrogen (secondary N) is 2. The van der Waals surface area contributed by atoms with Crippen molar-refractivity contribution in [3.05, 3.63) is 81.8 Å². The first-order valence-electron chi connectivity index (χ1n) is 7.30. The van der Waals surface area contributed by atoms with Gasteiger partial charge in [-0.15, -0.1) is 0 Å². The van der Waals surface area contributed by atoms with Crippen LogP contribution in [0.25, 0.3) is 0 Å². The van der Waals surface area contributed by atoms with Gasteiger partial charge in [0.05, 0.1) is 6.54 Å². The number of H-pyrrole nitrogens is 1. The zero-order valence-electron chi connectivity index (χ0n) is 12.9. The summed E-state index contributed by atoms with van der Waals surface area (Å²) in [6.45, 7) is 2.06. The molecule has 1 amide bonds. The molecule has 0 unspecified atom stereocenters. The number of benzene rings is 1. The molecule has 0 saturated heterocycles. The fourth-order valence-electron chi connectivity index (χ4n) is 2.26. The van der Waals surface area contributed by atoms with Crippen LogP contribution in [0.4, 0.5) is 10.1 Å². The molecule has 0 radical (unpaired) electrons. The van der Waals surface area contributed by atoms with E-state index in [1.807, 2.05) is 0 Å². The minimum absolute atomic E-state index is 0.158. The Balaban J connectivity index is 1.81. The van der Waals surface area contributed by atoms with Gasteiger partial charge in [0.25, 0.3) is 11.5 Å². The van der Waals surface area contributed by atoms with Gasteiger partial charge in [-0.3, -0.25) is 14.7 Å². The van der Waals surface area contributed by atoms with Gasteiger partial charge in [-0.1, -0.05) is 12.1 Å². The second-order valence-electron chi connectivity index (χ2n) is 5.37. The van der Waals surface area contributed by atoms with Gasteiger partial charge in [0.15, 0.2) is 5.69 Å². The number of nitrogens with zero attached hydrogens (tertiary/aromatic N) is 2. The van der Waals surface area contributed by atoms with Gasteiger partial charge in [0.1, 0.15) is 11.5 Å². The van der Waals surface area contributed by atoms with E-state index in [9.17, 15) is 14.0 Å². The smallest absolute Gasteiger partial charge is 0.276 e. The molecule has 2 aromatic heterocycles. The fraction of sp³-hybridized carbons (Fsp3) is 0.118. The van der Waals surface area contributed by atoms with Crippen molar-refractivity contribution in [2.75, 3.05) is 5.32 Å². The number of halogens is 1. The molecule has 7 heteroatoms. The molecule has 0 fully saturated rings. The summed E-state index contributed by atoms with van der Waals surface area (Å²) < 4.78 is 14.4. The molecule has 0 saturated carbocycles. The molecule has 3 rings (SSSR count). The van der Waals surface area contributed by atoms with Gasteiger partial charge in [-0.05, 0) is 42.8 Å². The second kappa shape index (κ2) is 6.49. The molecular formula is C17H15FN4O2. The number of hydrogen-bond acceptors (Lipinski definition) is 3. The first-order chi connectivity index (χ1) is 11.5. The van der Waals surface area contributed by atoms with Gasteiger partial charge < -0.3 is 9.88 Å². The lowest BCUT2D eigenvalue weighted by atomic mass is 10.2. The van der Waals surface area contributed by atoms with Crippen molar-refractivity contribution in [2.24, 2.45) is 0 Å². The first-order valence-corrected chi connectivity index (χ1v) is 7.30. The Kier molecular flexibility index (Phi) is 4.24. The molecule has 0 bridgehead atoms. The van der Waals surface area contributed by atoms with Crippen LogP contribution in [0.15, 0.2) is 53.5 Å². The van der Waals surface area contributed by atoms with Crippen LogP contribution in [0.2, 0.25) is 0 Å². The van der Waals surface area contributed by atoms with Crippen LogP contribution in [0.5, 0.6) is 0 Å². The third-order valence-corrected chi connectivity index (χ3v) is 3.47. The average Bonchev–Trinajstić information content (AvgIpc) is 3.00. The van der Waals surface area contributed by atoms with E-state index in [1.165, 1.54) is 22.8 Å². The lowest BCUT2D eigenvalue weighted by molar-refractivity contribution is 0.102. The number of amides is 1. The van der Waals surface area contributed by atoms with Crippen molar-refractivity contribution in [1.29, 1.82) is 0 Å². The maximum Gasteiger partial charge on any atom is 0.276 e. The number of pyridine rings is 1. The zero-order valence-corrected chi connectivity index (χ0v) is 12.9. The van der Waals surface area contributed by atoms with Crippen molar-refractivity contribution in [2.45, 2.75) is 13.5 Å². The normalized spacial score (nSPS) is 10.6. The van der Waals surface area contributed by atoms with Crippen LogP contribution in [-0.2, 0) is 6.54 Å². The molecule has 0 atom stereocenters. The summed E-state index contributed by atoms with van der Waals surface area (Å²) in [4.78, 5) is 24.6. The van der Waals surface area contributed by atoms with Crippen molar-refractivity contribution in [3.8, 4) is 0 Å². The largest absolute Gasteiger partial charge is 0.316 e. The van der Waals surface area contributed by atoms with Crippen molar-refractivity contribution < 1.29 is 9.18 Å². The molecule has 2 N–H and O–H groups in total. The topological polar surface area (TPSA) is 79.8 Å². The number of aromatic amines is 1. The van der Waals surface area contributed by atoms with E-state index >= 15 is 0 Å². The van der Waals surface area contributed by atoms with E-state index in [-0.39, 0.29) is 29.3 Å². The van der Waals surface area contributed by atoms with Crippen LogP contribution in [-0.4, -0.2) is 20.7 Å². The van der Waals surface area contributed by atoms with E-state index < -0.39 is 5.91 Å². The Labute approximate surface area is 137 Å². The number of aryl methyl sites for hydroxylation is 1. The quantitative estimate of drug-likeness (QED) is 0.772. The molecule has 2 heterocycles. The standard InChI is InChI=1S/C17H15FN4O2/c1-11-9-15(21-20-11)16(23)19-14-3-2-8-22(17(14)24)10-12-4-6-13(18)7-5-12/h2-9H,10H2,1H3,(H,19,23)(H,20,21). The Hall–Kier alpha value is -3.22. The van der Waals surface area contributed by atoms with Gasteiger partial charge in [0, 0.05) is 11.9 Å². The summed E-state index contributed by atoms with van der Waals surface area (Å²) in [5.74, 6) is -0.794.